The first kappa shape index (κ1) is 21.8. The van der Waals surface area contributed by atoms with Crippen LogP contribution in [0.4, 0.5) is 0 Å². The van der Waals surface area contributed by atoms with Crippen LogP contribution in [0.25, 0.3) is 6.08 Å². The smallest absolute Gasteiger partial charge is 0.236 e. The van der Waals surface area contributed by atoms with Gasteiger partial charge < -0.3 is 10.2 Å². The number of hydrogen-bond donors (Lipinski definition) is 1. The maximum atomic E-state index is 12.5. The van der Waals surface area contributed by atoms with Gasteiger partial charge in [0.05, 0.1) is 12.6 Å². The van der Waals surface area contributed by atoms with E-state index in [0.717, 1.165) is 20.8 Å². The summed E-state index contributed by atoms with van der Waals surface area (Å²) in [6.45, 7) is 0.359. The predicted octanol–water partition coefficient (Wildman–Crippen LogP) is 2.34. The Morgan fingerprint density at radius 3 is 2.14 bits per heavy atom. The summed E-state index contributed by atoms with van der Waals surface area (Å²) in [5.74, 6) is -0.352. The predicted molar refractivity (Wildman–Crippen MR) is 113 cm³/mol. The monoisotopic (exact) mass is 401 g/mol. The Kier molecular flexibility index (Phi) is 7.92. The number of likely N-dealkylation sites (N-methyl/N-ethyl adjacent to an activating group) is 2. The standard InChI is InChI=1S/C21H27N3O3S/c1-23(2)16-20(19-12-8-5-9-13-19)22-21(25)17-24(3)28(26,27)15-14-18-10-6-4-7-11-18/h4-15,20H,16-17H2,1-3H3,(H,22,25)/b15-14+/t20-/m0/s1. The number of nitrogens with one attached hydrogen (secondary N) is 1. The van der Waals surface area contributed by atoms with Crippen LogP contribution in [0.15, 0.2) is 66.1 Å². The van der Waals surface area contributed by atoms with E-state index in [9.17, 15) is 13.2 Å². The van der Waals surface area contributed by atoms with Crippen molar-refractivity contribution in [2.45, 2.75) is 6.04 Å². The first-order valence-corrected chi connectivity index (χ1v) is 10.5. The molecule has 0 saturated heterocycles. The minimum Gasteiger partial charge on any atom is -0.347 e. The van der Waals surface area contributed by atoms with E-state index in [-0.39, 0.29) is 18.5 Å². The molecule has 1 atom stereocenters. The Labute approximate surface area is 167 Å². The van der Waals surface area contributed by atoms with Gasteiger partial charge in [0.25, 0.3) is 0 Å². The summed E-state index contributed by atoms with van der Waals surface area (Å²) in [4.78, 5) is 14.5. The molecule has 1 N–H and O–H groups in total. The second-order valence-corrected chi connectivity index (χ2v) is 8.73. The number of rotatable bonds is 9. The van der Waals surface area contributed by atoms with Crippen molar-refractivity contribution in [1.29, 1.82) is 0 Å². The van der Waals surface area contributed by atoms with Gasteiger partial charge in [0.2, 0.25) is 15.9 Å². The molecule has 150 valence electrons. The highest BCUT2D eigenvalue weighted by Gasteiger charge is 2.21. The maximum Gasteiger partial charge on any atom is 0.236 e. The van der Waals surface area contributed by atoms with Crippen LogP contribution in [0.2, 0.25) is 0 Å². The summed E-state index contributed by atoms with van der Waals surface area (Å²) in [5, 5.41) is 4.05. The quantitative estimate of drug-likeness (QED) is 0.700. The summed E-state index contributed by atoms with van der Waals surface area (Å²) in [6, 6.07) is 18.5. The average molecular weight is 402 g/mol. The third kappa shape index (κ3) is 6.92. The molecule has 6 nitrogen and oxygen atoms in total. The van der Waals surface area contributed by atoms with E-state index >= 15 is 0 Å². The molecule has 7 heteroatoms. The van der Waals surface area contributed by atoms with E-state index in [1.807, 2.05) is 79.7 Å². The van der Waals surface area contributed by atoms with Gasteiger partial charge in [-0.15, -0.1) is 0 Å². The zero-order chi connectivity index (χ0) is 20.6. The van der Waals surface area contributed by atoms with E-state index in [4.69, 9.17) is 0 Å². The zero-order valence-corrected chi connectivity index (χ0v) is 17.3. The first-order chi connectivity index (χ1) is 13.3. The van der Waals surface area contributed by atoms with Crippen molar-refractivity contribution in [2.24, 2.45) is 0 Å². The molecule has 0 saturated carbocycles. The Hall–Kier alpha value is -2.48. The van der Waals surface area contributed by atoms with Gasteiger partial charge in [0, 0.05) is 19.0 Å². The van der Waals surface area contributed by atoms with Crippen molar-refractivity contribution in [3.63, 3.8) is 0 Å². The van der Waals surface area contributed by atoms with Gasteiger partial charge in [0.1, 0.15) is 0 Å². The largest absolute Gasteiger partial charge is 0.347 e. The lowest BCUT2D eigenvalue weighted by Gasteiger charge is -2.24. The molecule has 0 aliphatic rings. The molecule has 28 heavy (non-hydrogen) atoms. The van der Waals surface area contributed by atoms with E-state index in [0.29, 0.717) is 6.54 Å². The average Bonchev–Trinajstić information content (AvgIpc) is 2.67. The Morgan fingerprint density at radius 1 is 1.00 bits per heavy atom. The summed E-state index contributed by atoms with van der Waals surface area (Å²) >= 11 is 0. The van der Waals surface area contributed by atoms with Crippen LogP contribution in [0.5, 0.6) is 0 Å². The van der Waals surface area contributed by atoms with Gasteiger partial charge in [-0.05, 0) is 31.3 Å². The molecule has 0 aromatic heterocycles. The molecule has 0 fully saturated rings. The van der Waals surface area contributed by atoms with Crippen molar-refractivity contribution in [3.8, 4) is 0 Å². The van der Waals surface area contributed by atoms with Crippen molar-refractivity contribution >= 4 is 22.0 Å². The second-order valence-electron chi connectivity index (χ2n) is 6.81. The van der Waals surface area contributed by atoms with Crippen molar-refractivity contribution in [1.82, 2.24) is 14.5 Å². The summed E-state index contributed by atoms with van der Waals surface area (Å²) in [7, 11) is 1.55. The number of carbonyl (C=O) groups excluding carboxylic acids is 1. The normalized spacial score (nSPS) is 13.2. The van der Waals surface area contributed by atoms with Crippen molar-refractivity contribution in [3.05, 3.63) is 77.2 Å². The molecule has 0 aliphatic heterocycles. The van der Waals surface area contributed by atoms with Crippen LogP contribution in [-0.2, 0) is 14.8 Å². The minimum atomic E-state index is -3.70. The van der Waals surface area contributed by atoms with Gasteiger partial charge >= 0.3 is 0 Å². The Morgan fingerprint density at radius 2 is 1.57 bits per heavy atom. The second kappa shape index (κ2) is 10.2. The molecule has 2 aromatic carbocycles. The summed E-state index contributed by atoms with van der Waals surface area (Å²) < 4.78 is 25.9. The van der Waals surface area contributed by atoms with Crippen LogP contribution in [-0.4, -0.2) is 57.8 Å². The summed E-state index contributed by atoms with van der Waals surface area (Å²) in [5.41, 5.74) is 1.75. The van der Waals surface area contributed by atoms with Gasteiger partial charge in [-0.25, -0.2) is 8.42 Å². The van der Waals surface area contributed by atoms with Crippen LogP contribution < -0.4 is 5.32 Å². The topological polar surface area (TPSA) is 69.7 Å². The molecule has 1 amide bonds. The lowest BCUT2D eigenvalue weighted by molar-refractivity contribution is -0.122. The first-order valence-electron chi connectivity index (χ1n) is 8.96. The third-order valence-corrected chi connectivity index (χ3v) is 5.60. The van der Waals surface area contributed by atoms with Crippen molar-refractivity contribution in [2.75, 3.05) is 34.2 Å². The third-order valence-electron chi connectivity index (χ3n) is 4.12. The highest BCUT2D eigenvalue weighted by atomic mass is 32.2. The zero-order valence-electron chi connectivity index (χ0n) is 16.4. The van der Waals surface area contributed by atoms with Gasteiger partial charge in [0.15, 0.2) is 0 Å². The molecule has 0 radical (unpaired) electrons. The van der Waals surface area contributed by atoms with Crippen LogP contribution >= 0.6 is 0 Å². The van der Waals surface area contributed by atoms with Crippen LogP contribution in [0.3, 0.4) is 0 Å². The van der Waals surface area contributed by atoms with Gasteiger partial charge in [-0.3, -0.25) is 4.79 Å². The van der Waals surface area contributed by atoms with Crippen LogP contribution in [0, 0.1) is 0 Å². The molecule has 0 bridgehead atoms. The number of hydrogen-bond acceptors (Lipinski definition) is 4. The van der Waals surface area contributed by atoms with E-state index in [2.05, 4.69) is 5.32 Å². The van der Waals surface area contributed by atoms with Gasteiger partial charge in [-0.2, -0.15) is 4.31 Å². The number of amides is 1. The van der Waals surface area contributed by atoms with Gasteiger partial charge in [-0.1, -0.05) is 60.7 Å². The van der Waals surface area contributed by atoms with E-state index in [1.54, 1.807) is 0 Å². The fraction of sp³-hybridized carbons (Fsp3) is 0.286. The van der Waals surface area contributed by atoms with E-state index < -0.39 is 10.0 Å². The number of carbonyl (C=O) groups is 1. The molecule has 2 aromatic rings. The lowest BCUT2D eigenvalue weighted by atomic mass is 10.1. The fourth-order valence-electron chi connectivity index (χ4n) is 2.65. The SMILES string of the molecule is CN(C)C[C@H](NC(=O)CN(C)S(=O)(=O)/C=C/c1ccccc1)c1ccccc1. The van der Waals surface area contributed by atoms with Crippen LogP contribution in [0.1, 0.15) is 17.2 Å². The molecular formula is C21H27N3O3S. The Bertz CT molecular complexity index is 882. The van der Waals surface area contributed by atoms with E-state index in [1.165, 1.54) is 13.1 Å². The minimum absolute atomic E-state index is 0.223. The number of sulfonamides is 1. The highest BCUT2D eigenvalue weighted by Crippen LogP contribution is 2.13. The molecule has 0 unspecified atom stereocenters. The molecule has 2 rings (SSSR count). The van der Waals surface area contributed by atoms with Crippen molar-refractivity contribution < 1.29 is 13.2 Å². The molecule has 0 aliphatic carbocycles. The number of nitrogens with zero attached hydrogens (tertiary/aromatic N) is 2. The number of benzene rings is 2. The molecular weight excluding hydrogens is 374 g/mol. The fourth-order valence-corrected chi connectivity index (χ4v) is 3.48. The molecule has 0 spiro atoms. The summed E-state index contributed by atoms with van der Waals surface area (Å²) in [6.07, 6.45) is 1.52. The molecule has 0 heterocycles. The maximum absolute atomic E-state index is 12.5. The highest BCUT2D eigenvalue weighted by molar-refractivity contribution is 7.92. The lowest BCUT2D eigenvalue weighted by Crippen LogP contribution is -2.41. The Balaban J connectivity index is 2.02.